The van der Waals surface area contributed by atoms with E-state index in [0.717, 1.165) is 38.8 Å². The number of hydrogen-bond donors (Lipinski definition) is 1. The summed E-state index contributed by atoms with van der Waals surface area (Å²) < 4.78 is 0. The number of unbranched alkanes of at least 4 members (excludes halogenated alkanes) is 2. The minimum Gasteiger partial charge on any atom is -0.356 e. The number of carbonyl (C=O) groups is 1. The van der Waals surface area contributed by atoms with Crippen molar-refractivity contribution in [3.05, 3.63) is 6.92 Å². The summed E-state index contributed by atoms with van der Waals surface area (Å²) in [5.41, 5.74) is 0. The Morgan fingerprint density at radius 3 is 2.57 bits per heavy atom. The Hall–Kier alpha value is -0.570. The van der Waals surface area contributed by atoms with Crippen LogP contribution < -0.4 is 5.32 Å². The number of nitrogens with zero attached hydrogens (tertiary/aromatic N) is 1. The smallest absolute Gasteiger partial charge is 0.219 e. The van der Waals surface area contributed by atoms with Gasteiger partial charge in [0.05, 0.1) is 0 Å². The average Bonchev–Trinajstić information content (AvgIpc) is 2.13. The molecule has 0 aromatic carbocycles. The van der Waals surface area contributed by atoms with Crippen LogP contribution in [0.25, 0.3) is 0 Å². The van der Waals surface area contributed by atoms with Crippen LogP contribution in [0.4, 0.5) is 0 Å². The van der Waals surface area contributed by atoms with Gasteiger partial charge in [-0.25, -0.2) is 0 Å². The maximum absolute atomic E-state index is 11.1. The first-order valence-corrected chi connectivity index (χ1v) is 5.37. The topological polar surface area (TPSA) is 32.3 Å². The van der Waals surface area contributed by atoms with Crippen LogP contribution in [0.15, 0.2) is 0 Å². The third-order valence-electron chi connectivity index (χ3n) is 2.01. The summed E-state index contributed by atoms with van der Waals surface area (Å²) in [6.07, 6.45) is 4.56. The fourth-order valence-corrected chi connectivity index (χ4v) is 1.15. The Balaban J connectivity index is 3.15. The SMILES string of the molecule is [CH2]CCCC(=O)NCCCCN(C)C. The third kappa shape index (κ3) is 9.52. The van der Waals surface area contributed by atoms with Crippen LogP contribution >= 0.6 is 0 Å². The van der Waals surface area contributed by atoms with Crippen molar-refractivity contribution in [1.29, 1.82) is 0 Å². The summed E-state index contributed by atoms with van der Waals surface area (Å²) in [4.78, 5) is 13.3. The van der Waals surface area contributed by atoms with Crippen LogP contribution in [0, 0.1) is 6.92 Å². The number of amides is 1. The molecule has 0 atom stereocenters. The van der Waals surface area contributed by atoms with Gasteiger partial charge in [-0.15, -0.1) is 0 Å². The summed E-state index contributed by atoms with van der Waals surface area (Å²) in [7, 11) is 4.12. The van der Waals surface area contributed by atoms with E-state index in [1.165, 1.54) is 0 Å². The molecule has 83 valence electrons. The van der Waals surface area contributed by atoms with Gasteiger partial charge in [-0.2, -0.15) is 0 Å². The number of hydrogen-bond acceptors (Lipinski definition) is 2. The predicted octanol–water partition coefficient (Wildman–Crippen LogP) is 1.45. The first kappa shape index (κ1) is 13.4. The Bertz CT molecular complexity index is 146. The largest absolute Gasteiger partial charge is 0.356 e. The molecule has 0 saturated heterocycles. The highest BCUT2D eigenvalue weighted by molar-refractivity contribution is 5.75. The van der Waals surface area contributed by atoms with Crippen molar-refractivity contribution in [2.24, 2.45) is 0 Å². The van der Waals surface area contributed by atoms with Gasteiger partial charge in [0.1, 0.15) is 0 Å². The molecule has 3 nitrogen and oxygen atoms in total. The van der Waals surface area contributed by atoms with Crippen molar-refractivity contribution < 1.29 is 4.79 Å². The lowest BCUT2D eigenvalue weighted by molar-refractivity contribution is -0.121. The number of nitrogens with one attached hydrogen (secondary N) is 1. The molecule has 0 saturated carbocycles. The van der Waals surface area contributed by atoms with Crippen LogP contribution in [0.1, 0.15) is 32.1 Å². The zero-order valence-corrected chi connectivity index (χ0v) is 9.51. The summed E-state index contributed by atoms with van der Waals surface area (Å²) in [6.45, 7) is 5.60. The Morgan fingerprint density at radius 1 is 1.29 bits per heavy atom. The highest BCUT2D eigenvalue weighted by Crippen LogP contribution is 1.93. The number of carbonyl (C=O) groups excluding carboxylic acids is 1. The summed E-state index contributed by atoms with van der Waals surface area (Å²) >= 11 is 0. The van der Waals surface area contributed by atoms with Crippen molar-refractivity contribution in [2.75, 3.05) is 27.2 Å². The van der Waals surface area contributed by atoms with Gasteiger partial charge in [-0.1, -0.05) is 13.3 Å². The van der Waals surface area contributed by atoms with Gasteiger partial charge < -0.3 is 10.2 Å². The fourth-order valence-electron chi connectivity index (χ4n) is 1.15. The molecular formula is C11H23N2O. The Morgan fingerprint density at radius 2 is 2.00 bits per heavy atom. The lowest BCUT2D eigenvalue weighted by Crippen LogP contribution is -2.24. The van der Waals surface area contributed by atoms with Gasteiger partial charge in [0.25, 0.3) is 0 Å². The van der Waals surface area contributed by atoms with Gasteiger partial charge in [0.2, 0.25) is 5.91 Å². The van der Waals surface area contributed by atoms with Crippen molar-refractivity contribution in [3.8, 4) is 0 Å². The first-order chi connectivity index (χ1) is 6.66. The fraction of sp³-hybridized carbons (Fsp3) is 0.818. The molecule has 0 aliphatic rings. The summed E-state index contributed by atoms with van der Waals surface area (Å²) in [6, 6.07) is 0. The van der Waals surface area contributed by atoms with E-state index < -0.39 is 0 Å². The molecule has 0 spiro atoms. The van der Waals surface area contributed by atoms with Gasteiger partial charge in [-0.3, -0.25) is 4.79 Å². The minimum absolute atomic E-state index is 0.165. The Labute approximate surface area is 87.9 Å². The van der Waals surface area contributed by atoms with Crippen LogP contribution in [-0.4, -0.2) is 38.0 Å². The molecule has 0 aliphatic carbocycles. The molecule has 14 heavy (non-hydrogen) atoms. The molecular weight excluding hydrogens is 176 g/mol. The van der Waals surface area contributed by atoms with Crippen molar-refractivity contribution in [2.45, 2.75) is 32.1 Å². The van der Waals surface area contributed by atoms with Crippen LogP contribution in [0.5, 0.6) is 0 Å². The molecule has 1 radical (unpaired) electrons. The maximum atomic E-state index is 11.1. The summed E-state index contributed by atoms with van der Waals surface area (Å²) in [5, 5.41) is 2.91. The first-order valence-electron chi connectivity index (χ1n) is 5.37. The zero-order valence-electron chi connectivity index (χ0n) is 9.51. The molecule has 0 rings (SSSR count). The molecule has 0 heterocycles. The molecule has 0 aromatic rings. The maximum Gasteiger partial charge on any atom is 0.219 e. The van der Waals surface area contributed by atoms with Crippen molar-refractivity contribution in [1.82, 2.24) is 10.2 Å². The minimum atomic E-state index is 0.165. The second kappa shape index (κ2) is 9.00. The normalized spacial score (nSPS) is 10.6. The molecule has 0 fully saturated rings. The summed E-state index contributed by atoms with van der Waals surface area (Å²) in [5.74, 6) is 0.165. The molecule has 0 unspecified atom stereocenters. The van der Waals surface area contributed by atoms with Crippen LogP contribution in [-0.2, 0) is 4.79 Å². The van der Waals surface area contributed by atoms with E-state index in [0.29, 0.717) is 6.42 Å². The second-order valence-corrected chi connectivity index (χ2v) is 3.82. The van der Waals surface area contributed by atoms with Gasteiger partial charge in [-0.05, 0) is 39.9 Å². The van der Waals surface area contributed by atoms with E-state index in [1.54, 1.807) is 0 Å². The molecule has 0 aromatic heterocycles. The predicted molar refractivity (Wildman–Crippen MR) is 60.0 cm³/mol. The molecule has 0 aliphatic heterocycles. The lowest BCUT2D eigenvalue weighted by atomic mass is 10.2. The van der Waals surface area contributed by atoms with Gasteiger partial charge in [0.15, 0.2) is 0 Å². The van der Waals surface area contributed by atoms with Crippen molar-refractivity contribution >= 4 is 5.91 Å². The van der Waals surface area contributed by atoms with E-state index in [1.807, 2.05) is 0 Å². The average molecular weight is 199 g/mol. The highest BCUT2D eigenvalue weighted by Gasteiger charge is 1.98. The van der Waals surface area contributed by atoms with E-state index in [4.69, 9.17) is 0 Å². The third-order valence-corrected chi connectivity index (χ3v) is 2.01. The molecule has 1 amide bonds. The van der Waals surface area contributed by atoms with Crippen LogP contribution in [0.3, 0.4) is 0 Å². The quantitative estimate of drug-likeness (QED) is 0.600. The standard InChI is InChI=1S/C11H23N2O/c1-4-5-8-11(14)12-9-6-7-10-13(2)3/h1,4-10H2,2-3H3,(H,12,14). The second-order valence-electron chi connectivity index (χ2n) is 3.82. The Kier molecular flexibility index (Phi) is 8.64. The molecule has 0 bridgehead atoms. The van der Waals surface area contributed by atoms with Gasteiger partial charge >= 0.3 is 0 Å². The highest BCUT2D eigenvalue weighted by atomic mass is 16.1. The zero-order chi connectivity index (χ0) is 10.8. The molecule has 1 N–H and O–H groups in total. The monoisotopic (exact) mass is 199 g/mol. The van der Waals surface area contributed by atoms with E-state index in [-0.39, 0.29) is 5.91 Å². The van der Waals surface area contributed by atoms with Crippen molar-refractivity contribution in [3.63, 3.8) is 0 Å². The number of rotatable bonds is 8. The van der Waals surface area contributed by atoms with E-state index >= 15 is 0 Å². The van der Waals surface area contributed by atoms with Crippen LogP contribution in [0.2, 0.25) is 0 Å². The van der Waals surface area contributed by atoms with Gasteiger partial charge in [0, 0.05) is 13.0 Å². The lowest BCUT2D eigenvalue weighted by Gasteiger charge is -2.09. The van der Waals surface area contributed by atoms with E-state index in [2.05, 4.69) is 31.2 Å². The van der Waals surface area contributed by atoms with E-state index in [9.17, 15) is 4.79 Å². The molecule has 3 heteroatoms.